The highest BCUT2D eigenvalue weighted by Gasteiger charge is 2.25. The topological polar surface area (TPSA) is 52.3 Å². The highest BCUT2D eigenvalue weighted by molar-refractivity contribution is 9.10. The van der Waals surface area contributed by atoms with Crippen LogP contribution in [0, 0.1) is 0 Å². The quantitative estimate of drug-likeness (QED) is 0.671. The first kappa shape index (κ1) is 13.9. The van der Waals surface area contributed by atoms with E-state index in [0.717, 1.165) is 10.0 Å². The van der Waals surface area contributed by atoms with E-state index in [1.807, 2.05) is 24.3 Å². The first-order valence-electron chi connectivity index (χ1n) is 5.41. The molecule has 0 aliphatic carbocycles. The van der Waals surface area contributed by atoms with E-state index in [1.165, 1.54) is 0 Å². The molecule has 0 aliphatic heterocycles. The van der Waals surface area contributed by atoms with E-state index in [0.29, 0.717) is 6.61 Å². The number of hydrogen-bond acceptors (Lipinski definition) is 3. The van der Waals surface area contributed by atoms with Crippen LogP contribution in [0.15, 0.2) is 41.4 Å². The summed E-state index contributed by atoms with van der Waals surface area (Å²) in [4.78, 5) is 11.6. The molecule has 0 aliphatic rings. The van der Waals surface area contributed by atoms with E-state index in [4.69, 9.17) is 10.5 Å². The van der Waals surface area contributed by atoms with Gasteiger partial charge in [-0.1, -0.05) is 40.2 Å². The van der Waals surface area contributed by atoms with Crippen LogP contribution in [0.1, 0.15) is 18.4 Å². The van der Waals surface area contributed by atoms with Gasteiger partial charge < -0.3 is 10.5 Å². The summed E-state index contributed by atoms with van der Waals surface area (Å²) in [6.07, 6.45) is 1.67. The highest BCUT2D eigenvalue weighted by Crippen LogP contribution is 2.27. The molecule has 3 nitrogen and oxygen atoms in total. The van der Waals surface area contributed by atoms with Crippen molar-refractivity contribution < 1.29 is 9.53 Å². The zero-order valence-corrected chi connectivity index (χ0v) is 11.3. The molecule has 0 amide bonds. The second-order valence-corrected chi connectivity index (χ2v) is 4.42. The van der Waals surface area contributed by atoms with E-state index in [1.54, 1.807) is 13.0 Å². The Hall–Kier alpha value is -1.13. The van der Waals surface area contributed by atoms with Crippen molar-refractivity contribution in [3.05, 3.63) is 47.0 Å². The summed E-state index contributed by atoms with van der Waals surface area (Å²) in [7, 11) is 0. The van der Waals surface area contributed by atoms with Crippen molar-refractivity contribution in [1.29, 1.82) is 0 Å². The molecule has 0 heterocycles. The third-order valence-electron chi connectivity index (χ3n) is 2.46. The number of esters is 1. The average molecular weight is 298 g/mol. The molecule has 0 fully saturated rings. The Morgan fingerprint density at radius 3 is 2.76 bits per heavy atom. The largest absolute Gasteiger partial charge is 0.465 e. The van der Waals surface area contributed by atoms with Crippen LogP contribution in [0.2, 0.25) is 0 Å². The molecule has 0 radical (unpaired) electrons. The van der Waals surface area contributed by atoms with Gasteiger partial charge in [-0.15, -0.1) is 6.58 Å². The lowest BCUT2D eigenvalue weighted by Crippen LogP contribution is -2.37. The smallest absolute Gasteiger partial charge is 0.323 e. The monoisotopic (exact) mass is 297 g/mol. The minimum atomic E-state index is -0.730. The fourth-order valence-corrected chi connectivity index (χ4v) is 2.15. The van der Waals surface area contributed by atoms with Gasteiger partial charge in [0.2, 0.25) is 0 Å². The van der Waals surface area contributed by atoms with Crippen LogP contribution in [0.3, 0.4) is 0 Å². The Kier molecular flexibility index (Phi) is 5.38. The molecule has 0 saturated heterocycles. The molecule has 92 valence electrons. The molecule has 4 heteroatoms. The van der Waals surface area contributed by atoms with Crippen molar-refractivity contribution in [3.63, 3.8) is 0 Å². The molecule has 0 unspecified atom stereocenters. The summed E-state index contributed by atoms with van der Waals surface area (Å²) in [5.74, 6) is -0.669. The first-order chi connectivity index (χ1) is 8.11. The Morgan fingerprint density at radius 1 is 1.59 bits per heavy atom. The van der Waals surface area contributed by atoms with Gasteiger partial charge in [0, 0.05) is 10.4 Å². The number of hydrogen-bond donors (Lipinski definition) is 1. The van der Waals surface area contributed by atoms with E-state index < -0.39 is 12.0 Å². The number of ether oxygens (including phenoxy) is 1. The third-order valence-corrected chi connectivity index (χ3v) is 3.19. The predicted octanol–water partition coefficient (Wildman–Crippen LogP) is 2.61. The van der Waals surface area contributed by atoms with Crippen LogP contribution in [0.25, 0.3) is 0 Å². The summed E-state index contributed by atoms with van der Waals surface area (Å²) in [6.45, 7) is 5.82. The van der Waals surface area contributed by atoms with Crippen LogP contribution >= 0.6 is 15.9 Å². The Morgan fingerprint density at radius 2 is 2.24 bits per heavy atom. The maximum atomic E-state index is 11.6. The normalized spacial score (nSPS) is 13.8. The maximum Gasteiger partial charge on any atom is 0.323 e. The fraction of sp³-hybridized carbons (Fsp3) is 0.308. The van der Waals surface area contributed by atoms with Crippen molar-refractivity contribution in [2.75, 3.05) is 6.61 Å². The Balaban J connectivity index is 2.96. The van der Waals surface area contributed by atoms with Crippen LogP contribution in [0.4, 0.5) is 0 Å². The number of carbonyl (C=O) groups is 1. The average Bonchev–Trinajstić information content (AvgIpc) is 2.32. The van der Waals surface area contributed by atoms with Gasteiger partial charge in [0.05, 0.1) is 6.61 Å². The zero-order chi connectivity index (χ0) is 12.8. The van der Waals surface area contributed by atoms with Gasteiger partial charge in [-0.25, -0.2) is 0 Å². The lowest BCUT2D eigenvalue weighted by Gasteiger charge is -2.20. The van der Waals surface area contributed by atoms with Crippen LogP contribution in [0.5, 0.6) is 0 Å². The van der Waals surface area contributed by atoms with Crippen molar-refractivity contribution in [3.8, 4) is 0 Å². The van der Waals surface area contributed by atoms with E-state index >= 15 is 0 Å². The maximum absolute atomic E-state index is 11.6. The highest BCUT2D eigenvalue weighted by atomic mass is 79.9. The first-order valence-corrected chi connectivity index (χ1v) is 6.20. The van der Waals surface area contributed by atoms with Crippen molar-refractivity contribution in [2.45, 2.75) is 18.9 Å². The number of nitrogens with two attached hydrogens (primary N) is 1. The molecule has 1 aromatic carbocycles. The predicted molar refractivity (Wildman–Crippen MR) is 71.7 cm³/mol. The standard InChI is InChI=1S/C13H16BrNO2/c1-3-9(12(15)13(16)17-4-2)10-7-5-6-8-11(10)14/h3,5-9,12H,1,4,15H2,2H3/t9-,12-/m0/s1. The minimum absolute atomic E-state index is 0.260. The molecular weight excluding hydrogens is 282 g/mol. The van der Waals surface area contributed by atoms with Crippen LogP contribution < -0.4 is 5.73 Å². The fourth-order valence-electron chi connectivity index (χ4n) is 1.60. The van der Waals surface area contributed by atoms with Gasteiger partial charge in [-0.2, -0.15) is 0 Å². The summed E-state index contributed by atoms with van der Waals surface area (Å²) in [5.41, 5.74) is 6.83. The van der Waals surface area contributed by atoms with E-state index in [-0.39, 0.29) is 5.92 Å². The number of rotatable bonds is 5. The van der Waals surface area contributed by atoms with Gasteiger partial charge in [0.1, 0.15) is 6.04 Å². The van der Waals surface area contributed by atoms with Crippen molar-refractivity contribution in [2.24, 2.45) is 5.73 Å². The molecule has 17 heavy (non-hydrogen) atoms. The Bertz CT molecular complexity index is 406. The van der Waals surface area contributed by atoms with Gasteiger partial charge in [0.25, 0.3) is 0 Å². The molecule has 2 N–H and O–H groups in total. The second-order valence-electron chi connectivity index (χ2n) is 3.56. The molecular formula is C13H16BrNO2. The zero-order valence-electron chi connectivity index (χ0n) is 9.73. The van der Waals surface area contributed by atoms with E-state index in [2.05, 4.69) is 22.5 Å². The molecule has 1 aromatic rings. The summed E-state index contributed by atoms with van der Waals surface area (Å²) >= 11 is 3.44. The van der Waals surface area contributed by atoms with Gasteiger partial charge in [0.15, 0.2) is 0 Å². The third kappa shape index (κ3) is 3.41. The molecule has 1 rings (SSSR count). The van der Waals surface area contributed by atoms with Crippen LogP contribution in [-0.4, -0.2) is 18.6 Å². The molecule has 2 atom stereocenters. The summed E-state index contributed by atoms with van der Waals surface area (Å²) < 4.78 is 5.83. The molecule has 0 bridgehead atoms. The van der Waals surface area contributed by atoms with Crippen molar-refractivity contribution >= 4 is 21.9 Å². The van der Waals surface area contributed by atoms with Gasteiger partial charge in [-0.3, -0.25) is 4.79 Å². The van der Waals surface area contributed by atoms with Gasteiger partial charge in [-0.05, 0) is 18.6 Å². The second kappa shape index (κ2) is 6.57. The van der Waals surface area contributed by atoms with Crippen LogP contribution in [-0.2, 0) is 9.53 Å². The SMILES string of the molecule is C=C[C@@H](c1ccccc1Br)[C@H](N)C(=O)OCC. The summed E-state index contributed by atoms with van der Waals surface area (Å²) in [6, 6.07) is 6.89. The number of benzene rings is 1. The number of halogens is 1. The number of carbonyl (C=O) groups excluding carboxylic acids is 1. The lowest BCUT2D eigenvalue weighted by molar-refractivity contribution is -0.144. The minimum Gasteiger partial charge on any atom is -0.465 e. The summed E-state index contributed by atoms with van der Waals surface area (Å²) in [5, 5.41) is 0. The lowest BCUT2D eigenvalue weighted by atomic mass is 9.92. The Labute approximate surface area is 110 Å². The molecule has 0 spiro atoms. The molecule has 0 saturated carbocycles. The van der Waals surface area contributed by atoms with Gasteiger partial charge >= 0.3 is 5.97 Å². The van der Waals surface area contributed by atoms with Crippen molar-refractivity contribution in [1.82, 2.24) is 0 Å². The van der Waals surface area contributed by atoms with E-state index in [9.17, 15) is 4.79 Å². The molecule has 0 aromatic heterocycles.